The SMILES string of the molecule is COc1ccc(S(=O)(=O)NCC(=O)Cl)c(OC)c1. The maximum absolute atomic E-state index is 11.9. The molecule has 1 N–H and O–H groups in total. The fraction of sp³-hybridized carbons (Fsp3) is 0.300. The number of halogens is 1. The highest BCUT2D eigenvalue weighted by molar-refractivity contribution is 7.89. The molecule has 6 nitrogen and oxygen atoms in total. The topological polar surface area (TPSA) is 81.7 Å². The predicted molar refractivity (Wildman–Crippen MR) is 65.6 cm³/mol. The van der Waals surface area contributed by atoms with Crippen LogP contribution in [-0.4, -0.2) is 34.4 Å². The number of benzene rings is 1. The number of carbonyl (C=O) groups is 1. The number of sulfonamides is 1. The highest BCUT2D eigenvalue weighted by atomic mass is 35.5. The van der Waals surface area contributed by atoms with Crippen LogP contribution in [0.3, 0.4) is 0 Å². The van der Waals surface area contributed by atoms with Crippen LogP contribution in [0.5, 0.6) is 11.5 Å². The molecule has 0 aromatic heterocycles. The molecule has 0 aliphatic heterocycles. The molecule has 0 saturated carbocycles. The molecule has 1 aromatic carbocycles. The molecule has 8 heteroatoms. The minimum atomic E-state index is -3.86. The van der Waals surface area contributed by atoms with E-state index in [0.29, 0.717) is 5.75 Å². The van der Waals surface area contributed by atoms with E-state index in [4.69, 9.17) is 21.1 Å². The van der Waals surface area contributed by atoms with Gasteiger partial charge in [-0.15, -0.1) is 0 Å². The van der Waals surface area contributed by atoms with Crippen LogP contribution in [0, 0.1) is 0 Å². The molecule has 0 saturated heterocycles. The smallest absolute Gasteiger partial charge is 0.244 e. The van der Waals surface area contributed by atoms with Gasteiger partial charge in [-0.2, -0.15) is 0 Å². The fourth-order valence-corrected chi connectivity index (χ4v) is 2.50. The van der Waals surface area contributed by atoms with Gasteiger partial charge in [0.1, 0.15) is 16.4 Å². The van der Waals surface area contributed by atoms with Crippen molar-refractivity contribution in [3.8, 4) is 11.5 Å². The van der Waals surface area contributed by atoms with Crippen LogP contribution in [0.2, 0.25) is 0 Å². The Morgan fingerprint density at radius 2 is 2.00 bits per heavy atom. The molecule has 18 heavy (non-hydrogen) atoms. The number of hydrogen-bond acceptors (Lipinski definition) is 5. The van der Waals surface area contributed by atoms with Crippen molar-refractivity contribution < 1.29 is 22.7 Å². The molecule has 0 spiro atoms. The van der Waals surface area contributed by atoms with Crippen LogP contribution in [0.4, 0.5) is 0 Å². The minimum absolute atomic E-state index is 0.0938. The lowest BCUT2D eigenvalue weighted by Crippen LogP contribution is -2.28. The van der Waals surface area contributed by atoms with Crippen LogP contribution in [0.25, 0.3) is 0 Å². The Balaban J connectivity index is 3.11. The first-order chi connectivity index (χ1) is 8.40. The van der Waals surface area contributed by atoms with Crippen molar-refractivity contribution >= 4 is 26.9 Å². The molecule has 0 amide bonds. The van der Waals surface area contributed by atoms with E-state index in [1.165, 1.54) is 32.4 Å². The van der Waals surface area contributed by atoms with Gasteiger partial charge in [-0.3, -0.25) is 4.79 Å². The molecule has 100 valence electrons. The van der Waals surface area contributed by atoms with Gasteiger partial charge in [0, 0.05) is 6.07 Å². The van der Waals surface area contributed by atoms with Crippen molar-refractivity contribution in [2.24, 2.45) is 0 Å². The number of hydrogen-bond donors (Lipinski definition) is 1. The number of ether oxygens (including phenoxy) is 2. The van der Waals surface area contributed by atoms with Crippen LogP contribution < -0.4 is 14.2 Å². The first kappa shape index (κ1) is 14.7. The summed E-state index contributed by atoms with van der Waals surface area (Å²) in [6.07, 6.45) is 0. The number of nitrogens with one attached hydrogen (secondary N) is 1. The van der Waals surface area contributed by atoms with Crippen molar-refractivity contribution in [1.82, 2.24) is 4.72 Å². The van der Waals surface area contributed by atoms with Gasteiger partial charge in [0.15, 0.2) is 0 Å². The second-order valence-electron chi connectivity index (χ2n) is 3.20. The first-order valence-corrected chi connectivity index (χ1v) is 6.67. The Labute approximate surface area is 110 Å². The lowest BCUT2D eigenvalue weighted by atomic mass is 10.3. The lowest BCUT2D eigenvalue weighted by Gasteiger charge is -2.11. The van der Waals surface area contributed by atoms with Crippen molar-refractivity contribution in [2.45, 2.75) is 4.90 Å². The fourth-order valence-electron chi connectivity index (χ4n) is 1.23. The first-order valence-electron chi connectivity index (χ1n) is 4.80. The van der Waals surface area contributed by atoms with E-state index < -0.39 is 21.8 Å². The number of rotatable bonds is 6. The third kappa shape index (κ3) is 3.59. The maximum atomic E-state index is 11.9. The van der Waals surface area contributed by atoms with E-state index in [9.17, 15) is 13.2 Å². The van der Waals surface area contributed by atoms with Crippen molar-refractivity contribution in [3.05, 3.63) is 18.2 Å². The second kappa shape index (κ2) is 6.03. The lowest BCUT2D eigenvalue weighted by molar-refractivity contribution is -0.110. The summed E-state index contributed by atoms with van der Waals surface area (Å²) in [7, 11) is -1.07. The molecule has 0 fully saturated rings. The average Bonchev–Trinajstić information content (AvgIpc) is 2.35. The zero-order valence-corrected chi connectivity index (χ0v) is 11.3. The zero-order chi connectivity index (χ0) is 13.8. The predicted octanol–water partition coefficient (Wildman–Crippen LogP) is 0.747. The Hall–Kier alpha value is -1.31. The van der Waals surface area contributed by atoms with E-state index in [-0.39, 0.29) is 10.6 Å². The second-order valence-corrected chi connectivity index (χ2v) is 5.35. The molecule has 1 aromatic rings. The summed E-state index contributed by atoms with van der Waals surface area (Å²) in [6, 6.07) is 4.22. The third-order valence-electron chi connectivity index (χ3n) is 2.06. The average molecular weight is 294 g/mol. The van der Waals surface area contributed by atoms with Crippen LogP contribution in [-0.2, 0) is 14.8 Å². The van der Waals surface area contributed by atoms with Gasteiger partial charge in [0.2, 0.25) is 15.3 Å². The van der Waals surface area contributed by atoms with Crippen molar-refractivity contribution in [2.75, 3.05) is 20.8 Å². The molecule has 0 aliphatic carbocycles. The van der Waals surface area contributed by atoms with Gasteiger partial charge in [-0.1, -0.05) is 0 Å². The van der Waals surface area contributed by atoms with Crippen LogP contribution in [0.15, 0.2) is 23.1 Å². The normalized spacial score (nSPS) is 11.1. The summed E-state index contributed by atoms with van der Waals surface area (Å²) in [5.74, 6) is 0.572. The molecule has 0 radical (unpaired) electrons. The molecule has 0 unspecified atom stereocenters. The monoisotopic (exact) mass is 293 g/mol. The number of methoxy groups -OCH3 is 2. The zero-order valence-electron chi connectivity index (χ0n) is 9.77. The Morgan fingerprint density at radius 1 is 1.33 bits per heavy atom. The quantitative estimate of drug-likeness (QED) is 0.783. The molecule has 0 heterocycles. The third-order valence-corrected chi connectivity index (χ3v) is 3.64. The van der Waals surface area contributed by atoms with Gasteiger partial charge in [-0.05, 0) is 23.7 Å². The Kier molecular flexibility index (Phi) is 4.94. The van der Waals surface area contributed by atoms with E-state index in [1.54, 1.807) is 0 Å². The van der Waals surface area contributed by atoms with Crippen LogP contribution >= 0.6 is 11.6 Å². The molecule has 1 rings (SSSR count). The summed E-state index contributed by atoms with van der Waals surface area (Å²) >= 11 is 5.08. The summed E-state index contributed by atoms with van der Waals surface area (Å²) in [6.45, 7) is -0.487. The van der Waals surface area contributed by atoms with Gasteiger partial charge < -0.3 is 9.47 Å². The molecule has 0 aliphatic rings. The molecular formula is C10H12ClNO5S. The maximum Gasteiger partial charge on any atom is 0.244 e. The Bertz CT molecular complexity index is 543. The molecule has 0 bridgehead atoms. The van der Waals surface area contributed by atoms with Crippen molar-refractivity contribution in [1.29, 1.82) is 0 Å². The van der Waals surface area contributed by atoms with E-state index in [0.717, 1.165) is 0 Å². The van der Waals surface area contributed by atoms with Gasteiger partial charge in [0.25, 0.3) is 0 Å². The Morgan fingerprint density at radius 3 is 2.50 bits per heavy atom. The minimum Gasteiger partial charge on any atom is -0.497 e. The van der Waals surface area contributed by atoms with Gasteiger partial charge in [0.05, 0.1) is 20.8 Å². The summed E-state index contributed by atoms with van der Waals surface area (Å²) in [4.78, 5) is 10.5. The van der Waals surface area contributed by atoms with E-state index >= 15 is 0 Å². The molecule has 0 atom stereocenters. The van der Waals surface area contributed by atoms with Crippen LogP contribution in [0.1, 0.15) is 0 Å². The summed E-state index contributed by atoms with van der Waals surface area (Å²) in [5, 5.41) is -0.800. The van der Waals surface area contributed by atoms with Crippen molar-refractivity contribution in [3.63, 3.8) is 0 Å². The van der Waals surface area contributed by atoms with Gasteiger partial charge >= 0.3 is 0 Å². The number of carbonyl (C=O) groups excluding carboxylic acids is 1. The largest absolute Gasteiger partial charge is 0.497 e. The summed E-state index contributed by atoms with van der Waals surface area (Å²) < 4.78 is 35.7. The van der Waals surface area contributed by atoms with E-state index in [1.807, 2.05) is 0 Å². The highest BCUT2D eigenvalue weighted by Gasteiger charge is 2.20. The van der Waals surface area contributed by atoms with Gasteiger partial charge in [-0.25, -0.2) is 13.1 Å². The summed E-state index contributed by atoms with van der Waals surface area (Å²) in [5.41, 5.74) is 0. The highest BCUT2D eigenvalue weighted by Crippen LogP contribution is 2.28. The standard InChI is InChI=1S/C10H12ClNO5S/c1-16-7-3-4-9(8(5-7)17-2)18(14,15)12-6-10(11)13/h3-5,12H,6H2,1-2H3. The molecular weight excluding hydrogens is 282 g/mol. The van der Waals surface area contributed by atoms with E-state index in [2.05, 4.69) is 4.72 Å².